The maximum absolute atomic E-state index is 2.51. The second kappa shape index (κ2) is 10.0. The fourth-order valence-electron chi connectivity index (χ4n) is 7.45. The van der Waals surface area contributed by atoms with Crippen molar-refractivity contribution in [1.29, 1.82) is 0 Å². The summed E-state index contributed by atoms with van der Waals surface area (Å²) in [6.07, 6.45) is 37.6. The molecule has 0 heteroatoms. The van der Waals surface area contributed by atoms with E-state index in [9.17, 15) is 0 Å². The van der Waals surface area contributed by atoms with E-state index in [-0.39, 0.29) is 10.8 Å². The van der Waals surface area contributed by atoms with Gasteiger partial charge in [0.2, 0.25) is 0 Å². The molecule has 4 aliphatic carbocycles. The van der Waals surface area contributed by atoms with Crippen LogP contribution in [0.15, 0.2) is 95.2 Å². The fourth-order valence-corrected chi connectivity index (χ4v) is 7.45. The first-order valence-electron chi connectivity index (χ1n) is 13.4. The van der Waals surface area contributed by atoms with Gasteiger partial charge in [0.25, 0.3) is 0 Å². The van der Waals surface area contributed by atoms with Crippen LogP contribution in [0.4, 0.5) is 0 Å². The zero-order valence-corrected chi connectivity index (χ0v) is 21.6. The van der Waals surface area contributed by atoms with Gasteiger partial charge in [-0.1, -0.05) is 132 Å². The predicted octanol–water partition coefficient (Wildman–Crippen LogP) is 9.62. The lowest BCUT2D eigenvalue weighted by molar-refractivity contribution is 0.181. The molecule has 0 bridgehead atoms. The smallest absolute Gasteiger partial charge is 0.0177 e. The summed E-state index contributed by atoms with van der Waals surface area (Å²) in [5.41, 5.74) is 6.54. The van der Waals surface area contributed by atoms with Crippen molar-refractivity contribution in [3.63, 3.8) is 0 Å². The Morgan fingerprint density at radius 1 is 0.667 bits per heavy atom. The van der Waals surface area contributed by atoms with Crippen LogP contribution in [-0.4, -0.2) is 0 Å². The number of hydrogen-bond acceptors (Lipinski definition) is 0. The Hall–Kier alpha value is -2.08. The molecule has 0 saturated carbocycles. The molecule has 0 aliphatic heterocycles. The average Bonchev–Trinajstić information content (AvgIpc) is 3.59. The molecule has 0 spiro atoms. The van der Waals surface area contributed by atoms with Crippen molar-refractivity contribution >= 4 is 0 Å². The molecule has 0 saturated heterocycles. The van der Waals surface area contributed by atoms with Crippen molar-refractivity contribution in [2.24, 2.45) is 28.6 Å². The van der Waals surface area contributed by atoms with Crippen molar-refractivity contribution in [3.8, 4) is 0 Å². The van der Waals surface area contributed by atoms with Gasteiger partial charge in [-0.3, -0.25) is 0 Å². The van der Waals surface area contributed by atoms with Gasteiger partial charge in [-0.2, -0.15) is 0 Å². The van der Waals surface area contributed by atoms with Crippen LogP contribution >= 0.6 is 0 Å². The van der Waals surface area contributed by atoms with Gasteiger partial charge in [0.1, 0.15) is 0 Å². The molecule has 0 amide bonds. The number of hydrogen-bond donors (Lipinski definition) is 0. The van der Waals surface area contributed by atoms with E-state index in [0.29, 0.717) is 17.8 Å². The van der Waals surface area contributed by atoms with Gasteiger partial charge in [-0.05, 0) is 42.6 Å². The summed E-state index contributed by atoms with van der Waals surface area (Å²) >= 11 is 0. The van der Waals surface area contributed by atoms with Crippen LogP contribution in [-0.2, 0) is 0 Å². The highest BCUT2D eigenvalue weighted by molar-refractivity contribution is 5.58. The molecule has 0 fully saturated rings. The minimum atomic E-state index is 0.0502. The standard InChI is InChI=1S/C33H44/c1-6-7-8-9-10-17-24-33(28-20-13-14-21-28,29-22-15-16-23-29)31-26(3)25(2)30(32(31,4)5)27-18-11-12-19-27/h11-16,18-23,27-29H,6-10,17,24H2,1-5H3. The summed E-state index contributed by atoms with van der Waals surface area (Å²) < 4.78 is 0. The van der Waals surface area contributed by atoms with Gasteiger partial charge in [0, 0.05) is 28.6 Å². The minimum Gasteiger partial charge on any atom is -0.0767 e. The lowest BCUT2D eigenvalue weighted by atomic mass is 9.53. The van der Waals surface area contributed by atoms with Crippen LogP contribution in [0.3, 0.4) is 0 Å². The summed E-state index contributed by atoms with van der Waals surface area (Å²) in [7, 11) is 0. The van der Waals surface area contributed by atoms with E-state index in [2.05, 4.69) is 108 Å². The average molecular weight is 441 g/mol. The van der Waals surface area contributed by atoms with Gasteiger partial charge in [-0.15, -0.1) is 0 Å². The van der Waals surface area contributed by atoms with E-state index in [1.807, 2.05) is 0 Å². The molecule has 176 valence electrons. The van der Waals surface area contributed by atoms with Crippen LogP contribution < -0.4 is 0 Å². The Bertz CT molecular complexity index is 902. The normalized spacial score (nSPS) is 22.5. The number of allylic oxidation sites excluding steroid dienone is 16. The van der Waals surface area contributed by atoms with E-state index >= 15 is 0 Å². The SMILES string of the molecule is CCCCCCCCC(C1=C(C)C(C)=C(C2C=CC=C2)C1(C)C)(C1C=CC=C1)C1C=CC=C1. The number of rotatable bonds is 11. The van der Waals surface area contributed by atoms with Crippen molar-refractivity contribution in [2.45, 2.75) is 79.6 Å². The van der Waals surface area contributed by atoms with E-state index in [4.69, 9.17) is 0 Å². The molecule has 0 radical (unpaired) electrons. The van der Waals surface area contributed by atoms with Crippen molar-refractivity contribution in [3.05, 3.63) is 95.2 Å². The maximum Gasteiger partial charge on any atom is 0.0177 e. The quantitative estimate of drug-likeness (QED) is 0.280. The van der Waals surface area contributed by atoms with Crippen molar-refractivity contribution in [1.82, 2.24) is 0 Å². The maximum atomic E-state index is 2.51. The van der Waals surface area contributed by atoms with E-state index in [1.165, 1.54) is 50.5 Å². The summed E-state index contributed by atoms with van der Waals surface area (Å²) in [5, 5.41) is 0. The first-order valence-corrected chi connectivity index (χ1v) is 13.4. The molecule has 0 unspecified atom stereocenters. The third-order valence-corrected chi connectivity index (χ3v) is 8.82. The first kappa shape index (κ1) is 24.1. The largest absolute Gasteiger partial charge is 0.0767 e. The Kier molecular flexibility index (Phi) is 7.32. The van der Waals surface area contributed by atoms with Crippen LogP contribution in [0.2, 0.25) is 0 Å². The molecule has 0 heterocycles. The van der Waals surface area contributed by atoms with Crippen LogP contribution in [0.1, 0.15) is 79.6 Å². The van der Waals surface area contributed by atoms with Gasteiger partial charge >= 0.3 is 0 Å². The molecule has 0 aromatic carbocycles. The summed E-state index contributed by atoms with van der Waals surface area (Å²) in [5.74, 6) is 1.34. The predicted molar refractivity (Wildman–Crippen MR) is 145 cm³/mol. The Morgan fingerprint density at radius 2 is 1.15 bits per heavy atom. The molecule has 4 aliphatic rings. The minimum absolute atomic E-state index is 0.0502. The van der Waals surface area contributed by atoms with E-state index < -0.39 is 0 Å². The molecule has 0 N–H and O–H groups in total. The monoisotopic (exact) mass is 440 g/mol. The third-order valence-electron chi connectivity index (χ3n) is 8.82. The summed E-state index contributed by atoms with van der Waals surface area (Å²) in [6.45, 7) is 12.1. The van der Waals surface area contributed by atoms with E-state index in [1.54, 1.807) is 16.7 Å². The van der Waals surface area contributed by atoms with Gasteiger partial charge in [0.15, 0.2) is 0 Å². The summed E-state index contributed by atoms with van der Waals surface area (Å²) in [6, 6.07) is 0. The van der Waals surface area contributed by atoms with Gasteiger partial charge in [-0.25, -0.2) is 0 Å². The Balaban J connectivity index is 1.75. The molecular weight excluding hydrogens is 396 g/mol. The zero-order valence-electron chi connectivity index (χ0n) is 21.6. The van der Waals surface area contributed by atoms with E-state index in [0.717, 1.165) is 0 Å². The van der Waals surface area contributed by atoms with Crippen molar-refractivity contribution in [2.75, 3.05) is 0 Å². The number of unbranched alkanes of at least 4 members (excludes halogenated alkanes) is 5. The Morgan fingerprint density at radius 3 is 1.70 bits per heavy atom. The Labute approximate surface area is 203 Å². The molecule has 0 aromatic heterocycles. The fraction of sp³-hybridized carbons (Fsp3) is 0.515. The lowest BCUT2D eigenvalue weighted by Crippen LogP contribution is -2.42. The molecular formula is C33H44. The highest BCUT2D eigenvalue weighted by Crippen LogP contribution is 2.63. The molecule has 33 heavy (non-hydrogen) atoms. The first-order chi connectivity index (χ1) is 15.9. The van der Waals surface area contributed by atoms with Gasteiger partial charge < -0.3 is 0 Å². The van der Waals surface area contributed by atoms with Crippen LogP contribution in [0.5, 0.6) is 0 Å². The molecule has 4 rings (SSSR count). The lowest BCUT2D eigenvalue weighted by Gasteiger charge is -2.49. The highest BCUT2D eigenvalue weighted by atomic mass is 14.6. The molecule has 0 atom stereocenters. The second-order valence-corrected chi connectivity index (χ2v) is 11.1. The zero-order chi connectivity index (χ0) is 23.5. The molecule has 0 aromatic rings. The second-order valence-electron chi connectivity index (χ2n) is 11.1. The summed E-state index contributed by atoms with van der Waals surface area (Å²) in [4.78, 5) is 0. The third kappa shape index (κ3) is 4.27. The highest BCUT2D eigenvalue weighted by Gasteiger charge is 2.54. The molecule has 0 nitrogen and oxygen atoms in total. The van der Waals surface area contributed by atoms with Crippen LogP contribution in [0.25, 0.3) is 0 Å². The topological polar surface area (TPSA) is 0 Å². The van der Waals surface area contributed by atoms with Crippen molar-refractivity contribution < 1.29 is 0 Å². The van der Waals surface area contributed by atoms with Gasteiger partial charge in [0.05, 0.1) is 0 Å². The van der Waals surface area contributed by atoms with Crippen LogP contribution in [0, 0.1) is 28.6 Å².